The van der Waals surface area contributed by atoms with Crippen LogP contribution in [-0.4, -0.2) is 50.4 Å². The van der Waals surface area contributed by atoms with Gasteiger partial charge in [-0.15, -0.1) is 11.6 Å². The highest BCUT2D eigenvalue weighted by Crippen LogP contribution is 2.25. The molecule has 2 N–H and O–H groups in total. The molecule has 27 heavy (non-hydrogen) atoms. The van der Waals surface area contributed by atoms with Gasteiger partial charge in [0.15, 0.2) is 0 Å². The normalized spacial score (nSPS) is 13.8. The first kappa shape index (κ1) is 21.5. The summed E-state index contributed by atoms with van der Waals surface area (Å²) in [7, 11) is -3.67. The largest absolute Gasteiger partial charge is 0.493 e. The summed E-state index contributed by atoms with van der Waals surface area (Å²) < 4.78 is 36.3. The molecule has 0 saturated heterocycles. The predicted molar refractivity (Wildman–Crippen MR) is 102 cm³/mol. The molecule has 0 heterocycles. The van der Waals surface area contributed by atoms with E-state index in [2.05, 4.69) is 0 Å². The lowest BCUT2D eigenvalue weighted by Crippen LogP contribution is -2.21. The number of benzene rings is 2. The Labute approximate surface area is 164 Å². The van der Waals surface area contributed by atoms with Crippen LogP contribution in [0.15, 0.2) is 58.3 Å². The molecule has 0 saturated carbocycles. The second kappa shape index (κ2) is 9.94. The zero-order valence-corrected chi connectivity index (χ0v) is 16.5. The summed E-state index contributed by atoms with van der Waals surface area (Å²) in [6.07, 6.45) is -0.985. The van der Waals surface area contributed by atoms with E-state index in [0.29, 0.717) is 24.0 Å². The molecule has 2 aromatic rings. The highest BCUT2D eigenvalue weighted by Gasteiger charge is 2.18. The van der Waals surface area contributed by atoms with E-state index in [0.717, 1.165) is 0 Å². The van der Waals surface area contributed by atoms with Crippen molar-refractivity contribution < 1.29 is 28.1 Å². The highest BCUT2D eigenvalue weighted by molar-refractivity contribution is 7.91. The summed E-state index contributed by atoms with van der Waals surface area (Å²) in [4.78, 5) is 0.284. The van der Waals surface area contributed by atoms with E-state index in [-0.39, 0.29) is 22.3 Å². The molecule has 0 radical (unpaired) electrons. The fourth-order valence-electron chi connectivity index (χ4n) is 2.09. The minimum absolute atomic E-state index is 0.0770. The van der Waals surface area contributed by atoms with Crippen molar-refractivity contribution in [3.05, 3.63) is 48.5 Å². The molecule has 148 valence electrons. The lowest BCUT2D eigenvalue weighted by atomic mass is 10.2. The Kier molecular flexibility index (Phi) is 7.91. The Balaban J connectivity index is 2.06. The molecule has 8 heteroatoms. The molecular weight excluding hydrogens is 392 g/mol. The van der Waals surface area contributed by atoms with E-state index in [9.17, 15) is 13.5 Å². The summed E-state index contributed by atoms with van der Waals surface area (Å²) in [5.41, 5.74) is 0. The van der Waals surface area contributed by atoms with Crippen molar-refractivity contribution in [1.82, 2.24) is 0 Å². The molecule has 0 aliphatic rings. The SMILES string of the molecule is CC(CCl)COc1ccc(S(=O)(=O)c2ccc(OCC(O)CO)cc2)cc1. The maximum atomic E-state index is 12.7. The topological polar surface area (TPSA) is 93.1 Å². The van der Waals surface area contributed by atoms with Gasteiger partial charge in [0, 0.05) is 11.8 Å². The zero-order valence-electron chi connectivity index (χ0n) is 14.9. The summed E-state index contributed by atoms with van der Waals surface area (Å²) in [6, 6.07) is 12.1. The minimum Gasteiger partial charge on any atom is -0.493 e. The number of alkyl halides is 1. The van der Waals surface area contributed by atoms with E-state index in [1.54, 1.807) is 12.1 Å². The highest BCUT2D eigenvalue weighted by atomic mass is 35.5. The monoisotopic (exact) mass is 414 g/mol. The first-order chi connectivity index (χ1) is 12.9. The van der Waals surface area contributed by atoms with Gasteiger partial charge < -0.3 is 19.7 Å². The van der Waals surface area contributed by atoms with Crippen molar-refractivity contribution >= 4 is 21.4 Å². The van der Waals surface area contributed by atoms with Crippen LogP contribution in [0.2, 0.25) is 0 Å². The molecule has 6 nitrogen and oxygen atoms in total. The molecule has 0 aliphatic heterocycles. The number of sulfone groups is 1. The summed E-state index contributed by atoms with van der Waals surface area (Å²) in [6.45, 7) is 1.94. The molecule has 0 fully saturated rings. The molecule has 2 rings (SSSR count). The Morgan fingerprint density at radius 3 is 1.78 bits per heavy atom. The van der Waals surface area contributed by atoms with Crippen LogP contribution in [-0.2, 0) is 9.84 Å². The van der Waals surface area contributed by atoms with Crippen molar-refractivity contribution in [3.63, 3.8) is 0 Å². The lowest BCUT2D eigenvalue weighted by Gasteiger charge is -2.12. The maximum absolute atomic E-state index is 12.7. The van der Waals surface area contributed by atoms with E-state index >= 15 is 0 Å². The first-order valence-electron chi connectivity index (χ1n) is 8.42. The number of aliphatic hydroxyl groups excluding tert-OH is 2. The average Bonchev–Trinajstić information content (AvgIpc) is 2.70. The molecule has 2 atom stereocenters. The molecular formula is C19H23ClO6S. The van der Waals surface area contributed by atoms with Gasteiger partial charge in [0.2, 0.25) is 9.84 Å². The van der Waals surface area contributed by atoms with Crippen molar-refractivity contribution in [2.75, 3.05) is 25.7 Å². The van der Waals surface area contributed by atoms with E-state index in [1.807, 2.05) is 6.92 Å². The minimum atomic E-state index is -3.67. The second-order valence-corrected chi connectivity index (χ2v) is 8.42. The van der Waals surface area contributed by atoms with Crippen LogP contribution in [0.5, 0.6) is 11.5 Å². The Morgan fingerprint density at radius 1 is 0.926 bits per heavy atom. The van der Waals surface area contributed by atoms with Crippen molar-refractivity contribution in [3.8, 4) is 11.5 Å². The average molecular weight is 415 g/mol. The number of rotatable bonds is 10. The molecule has 2 aromatic carbocycles. The van der Waals surface area contributed by atoms with Gasteiger partial charge in [-0.3, -0.25) is 0 Å². The van der Waals surface area contributed by atoms with E-state index in [4.69, 9.17) is 26.2 Å². The number of aliphatic hydroxyl groups is 2. The van der Waals surface area contributed by atoms with Crippen molar-refractivity contribution in [2.45, 2.75) is 22.8 Å². The van der Waals surface area contributed by atoms with E-state index in [1.165, 1.54) is 36.4 Å². The Bertz CT molecular complexity index is 742. The molecule has 0 spiro atoms. The van der Waals surface area contributed by atoms with Crippen LogP contribution in [0.25, 0.3) is 0 Å². The molecule has 0 bridgehead atoms. The zero-order chi connectivity index (χ0) is 19.9. The van der Waals surface area contributed by atoms with Gasteiger partial charge in [0.25, 0.3) is 0 Å². The fourth-order valence-corrected chi connectivity index (χ4v) is 3.44. The Hall–Kier alpha value is -1.80. The number of hydrogen-bond acceptors (Lipinski definition) is 6. The molecule has 0 amide bonds. The van der Waals surface area contributed by atoms with Crippen molar-refractivity contribution in [1.29, 1.82) is 0 Å². The van der Waals surface area contributed by atoms with Crippen LogP contribution >= 0.6 is 11.6 Å². The van der Waals surface area contributed by atoms with Crippen LogP contribution in [0.1, 0.15) is 6.92 Å². The van der Waals surface area contributed by atoms with Gasteiger partial charge in [-0.1, -0.05) is 6.92 Å². The third kappa shape index (κ3) is 6.10. The van der Waals surface area contributed by atoms with Crippen molar-refractivity contribution in [2.24, 2.45) is 5.92 Å². The molecule has 0 aromatic heterocycles. The third-order valence-corrected chi connectivity index (χ3v) is 6.03. The van der Waals surface area contributed by atoms with Gasteiger partial charge >= 0.3 is 0 Å². The molecule has 0 aliphatic carbocycles. The summed E-state index contributed by atoms with van der Waals surface area (Å²) >= 11 is 5.73. The maximum Gasteiger partial charge on any atom is 0.206 e. The quantitative estimate of drug-likeness (QED) is 0.580. The standard InChI is InChI=1S/C19H23ClO6S/c1-14(10-20)12-25-16-2-6-18(7-3-16)27(23,24)19-8-4-17(5-9-19)26-13-15(22)11-21/h2-9,14-15,21-22H,10-13H2,1H3. The van der Waals surface area contributed by atoms with Crippen LogP contribution in [0, 0.1) is 5.92 Å². The molecule has 2 unspecified atom stereocenters. The third-order valence-electron chi connectivity index (χ3n) is 3.72. The van der Waals surface area contributed by atoms with E-state index < -0.39 is 22.5 Å². The summed E-state index contributed by atoms with van der Waals surface area (Å²) in [5.74, 6) is 1.68. The van der Waals surface area contributed by atoms with Gasteiger partial charge in [-0.2, -0.15) is 0 Å². The number of ether oxygens (including phenoxy) is 2. The van der Waals surface area contributed by atoms with Crippen LogP contribution in [0.3, 0.4) is 0 Å². The fraction of sp³-hybridized carbons (Fsp3) is 0.368. The Morgan fingerprint density at radius 2 is 1.37 bits per heavy atom. The number of hydrogen-bond donors (Lipinski definition) is 2. The van der Waals surface area contributed by atoms with Gasteiger partial charge in [0.1, 0.15) is 24.2 Å². The van der Waals surface area contributed by atoms with Gasteiger partial charge in [0.05, 0.1) is 23.0 Å². The summed E-state index contributed by atoms with van der Waals surface area (Å²) in [5, 5.41) is 18.0. The predicted octanol–water partition coefficient (Wildman–Crippen LogP) is 2.51. The van der Waals surface area contributed by atoms with Gasteiger partial charge in [-0.25, -0.2) is 8.42 Å². The smallest absolute Gasteiger partial charge is 0.206 e. The lowest BCUT2D eigenvalue weighted by molar-refractivity contribution is 0.0536. The first-order valence-corrected chi connectivity index (χ1v) is 10.4. The van der Waals surface area contributed by atoms with Crippen LogP contribution in [0.4, 0.5) is 0 Å². The number of halogens is 1. The van der Waals surface area contributed by atoms with Gasteiger partial charge in [-0.05, 0) is 48.5 Å². The second-order valence-electron chi connectivity index (χ2n) is 6.16. The van der Waals surface area contributed by atoms with Crippen LogP contribution < -0.4 is 9.47 Å².